The molecule has 3 atom stereocenters. The Morgan fingerprint density at radius 3 is 2.69 bits per heavy atom. The van der Waals surface area contributed by atoms with Crippen molar-refractivity contribution < 1.29 is 27.7 Å². The van der Waals surface area contributed by atoms with Crippen LogP contribution in [0.25, 0.3) is 0 Å². The number of nitrogens with zero attached hydrogens (tertiary/aromatic N) is 7. The van der Waals surface area contributed by atoms with Crippen LogP contribution in [-0.2, 0) is 25.6 Å². The van der Waals surface area contributed by atoms with E-state index in [2.05, 4.69) is 20.5 Å². The number of amides is 1. The predicted octanol–water partition coefficient (Wildman–Crippen LogP) is -0.434. The first-order valence-corrected chi connectivity index (χ1v) is 13.8. The van der Waals surface area contributed by atoms with Gasteiger partial charge >= 0.3 is 35.5 Å². The molecule has 4 rings (SSSR count). The number of thiocarbonyl (C=S) groups is 1. The number of thioether (sulfide) groups is 2. The number of carboxylic acid groups (broad SMARTS) is 1. The first-order chi connectivity index (χ1) is 16.0. The number of carbonyl (C=O) groups is 2. The molecule has 2 aromatic heterocycles. The molecule has 2 fully saturated rings. The normalized spacial score (nSPS) is 23.6. The molecule has 184 valence electrons. The first kappa shape index (κ1) is 28.2. The van der Waals surface area contributed by atoms with E-state index in [-0.39, 0.29) is 64.0 Å². The Kier molecular flexibility index (Phi) is 8.84. The summed E-state index contributed by atoms with van der Waals surface area (Å²) in [5.74, 6) is -1.98. The molecule has 13 nitrogen and oxygen atoms in total. The number of pyridine rings is 1. The minimum absolute atomic E-state index is 0. The molecule has 2 aliphatic rings. The van der Waals surface area contributed by atoms with Crippen LogP contribution < -0.4 is 4.90 Å². The van der Waals surface area contributed by atoms with Crippen molar-refractivity contribution in [2.24, 2.45) is 5.41 Å². The Morgan fingerprint density at radius 1 is 1.40 bits per heavy atom. The second-order valence-corrected chi connectivity index (χ2v) is 11.8. The maximum absolute atomic E-state index is 13.1. The molecule has 2 aromatic rings. The van der Waals surface area contributed by atoms with Crippen LogP contribution in [-0.4, -0.2) is 124 Å². The van der Waals surface area contributed by atoms with Gasteiger partial charge in [0.15, 0.2) is 5.88 Å². The number of hydrogen-bond acceptors (Lipinski definition) is 11. The van der Waals surface area contributed by atoms with Crippen LogP contribution >= 0.6 is 35.7 Å². The average Bonchev–Trinajstić information content (AvgIpc) is 3.21. The van der Waals surface area contributed by atoms with Gasteiger partial charge in [0, 0.05) is 36.1 Å². The van der Waals surface area contributed by atoms with Crippen molar-refractivity contribution in [3.05, 3.63) is 24.5 Å². The number of carboxylic acids is 1. The zero-order chi connectivity index (χ0) is 24.7. The molecule has 0 spiro atoms. The van der Waals surface area contributed by atoms with Crippen LogP contribution in [0.3, 0.4) is 0 Å². The SMILES string of the molecule is CC(=S)N(c1ccncc1)C1C(=O)N2CC(CSc3nnnn3CS(=O)(=O)O)(C(=O)O)CS[C@H]12.[NaH]. The summed E-state index contributed by atoms with van der Waals surface area (Å²) >= 11 is 7.69. The average molecular weight is 570 g/mol. The van der Waals surface area contributed by atoms with Crippen LogP contribution in [0.5, 0.6) is 0 Å². The van der Waals surface area contributed by atoms with E-state index in [0.717, 1.165) is 22.1 Å². The fourth-order valence-corrected chi connectivity index (χ4v) is 7.33. The topological polar surface area (TPSA) is 172 Å². The summed E-state index contributed by atoms with van der Waals surface area (Å²) < 4.78 is 32.2. The molecular weight excluding hydrogens is 549 g/mol. The number of rotatable bonds is 8. The standard InChI is InChI=1S/C17H19N7O6S4.Na.H/c1-10(31)24(11-2-4-18-5-3-11)12-13(25)22-6-17(15(26)27,7-32-14(12)22)8-33-16-19-20-21-23(16)9-34(28,29)30;;/h2-5,12,14H,6-9H2,1H3,(H,26,27)(H,28,29,30);;/t12?,14-,17?;;/m1../s1. The summed E-state index contributed by atoms with van der Waals surface area (Å²) in [5, 5.41) is 20.4. The third-order valence-corrected chi connectivity index (χ3v) is 8.98. The molecule has 2 unspecified atom stereocenters. The molecule has 2 N–H and O–H groups in total. The number of aromatic nitrogens is 5. The van der Waals surface area contributed by atoms with E-state index in [4.69, 9.17) is 16.8 Å². The minimum atomic E-state index is -4.39. The van der Waals surface area contributed by atoms with Gasteiger partial charge in [-0.3, -0.25) is 19.1 Å². The summed E-state index contributed by atoms with van der Waals surface area (Å²) in [6.07, 6.45) is 3.22. The number of fused-ring (bicyclic) bond motifs is 1. The molecule has 4 heterocycles. The van der Waals surface area contributed by atoms with Crippen molar-refractivity contribution in [1.29, 1.82) is 0 Å². The van der Waals surface area contributed by atoms with Crippen molar-refractivity contribution in [3.8, 4) is 0 Å². The second kappa shape index (κ2) is 11.0. The zero-order valence-electron chi connectivity index (χ0n) is 17.6. The molecule has 0 aliphatic carbocycles. The van der Waals surface area contributed by atoms with Crippen molar-refractivity contribution in [2.45, 2.75) is 29.4 Å². The van der Waals surface area contributed by atoms with E-state index in [1.54, 1.807) is 36.4 Å². The predicted molar refractivity (Wildman–Crippen MR) is 134 cm³/mol. The van der Waals surface area contributed by atoms with Crippen molar-refractivity contribution >= 4 is 98.0 Å². The number of carbonyl (C=O) groups excluding carboxylic acids is 1. The van der Waals surface area contributed by atoms with Gasteiger partial charge < -0.3 is 14.9 Å². The van der Waals surface area contributed by atoms with Crippen LogP contribution in [0.2, 0.25) is 0 Å². The Bertz CT molecular complexity index is 1230. The summed E-state index contributed by atoms with van der Waals surface area (Å²) in [5.41, 5.74) is -0.576. The molecule has 0 aromatic carbocycles. The van der Waals surface area contributed by atoms with Gasteiger partial charge in [0.1, 0.15) is 16.8 Å². The molecule has 0 radical (unpaired) electrons. The van der Waals surface area contributed by atoms with E-state index in [9.17, 15) is 23.1 Å². The molecular formula is C17H20N7NaO6S4. The Labute approximate surface area is 236 Å². The zero-order valence-corrected chi connectivity index (χ0v) is 20.8. The molecule has 2 aliphatic heterocycles. The van der Waals surface area contributed by atoms with Crippen molar-refractivity contribution in [2.75, 3.05) is 23.0 Å². The Balaban J connectivity index is 0.00000342. The van der Waals surface area contributed by atoms with Gasteiger partial charge in [-0.05, 0) is 29.5 Å². The fourth-order valence-electron chi connectivity index (χ4n) is 3.77. The third kappa shape index (κ3) is 5.82. The molecule has 2 saturated heterocycles. The second-order valence-electron chi connectivity index (χ2n) is 7.75. The number of aliphatic carboxylic acids is 1. The van der Waals surface area contributed by atoms with Gasteiger partial charge in [0.2, 0.25) is 11.1 Å². The van der Waals surface area contributed by atoms with Crippen LogP contribution in [0.15, 0.2) is 29.7 Å². The van der Waals surface area contributed by atoms with Gasteiger partial charge in [0.25, 0.3) is 10.1 Å². The van der Waals surface area contributed by atoms with Crippen LogP contribution in [0.4, 0.5) is 5.69 Å². The van der Waals surface area contributed by atoms with Gasteiger partial charge in [-0.2, -0.15) is 8.42 Å². The Morgan fingerprint density at radius 2 is 2.09 bits per heavy atom. The maximum atomic E-state index is 13.1. The van der Waals surface area contributed by atoms with E-state index < -0.39 is 33.4 Å². The van der Waals surface area contributed by atoms with E-state index in [1.807, 2.05) is 0 Å². The monoisotopic (exact) mass is 569 g/mol. The van der Waals surface area contributed by atoms with E-state index in [1.165, 1.54) is 16.7 Å². The summed E-state index contributed by atoms with van der Waals surface area (Å²) in [4.78, 5) is 33.2. The molecule has 0 saturated carbocycles. The van der Waals surface area contributed by atoms with Gasteiger partial charge in [0.05, 0.1) is 4.99 Å². The summed E-state index contributed by atoms with van der Waals surface area (Å²) in [6.45, 7) is 1.71. The van der Waals surface area contributed by atoms with Crippen LogP contribution in [0, 0.1) is 5.41 Å². The quantitative estimate of drug-likeness (QED) is 0.138. The Hall–Kier alpha value is -1.34. The molecule has 35 heavy (non-hydrogen) atoms. The number of hydrogen-bond donors (Lipinski definition) is 2. The number of β-lactam (4-membered cyclic amide) rings is 1. The summed E-state index contributed by atoms with van der Waals surface area (Å²) in [6, 6.07) is 2.97. The van der Waals surface area contributed by atoms with Crippen LogP contribution in [0.1, 0.15) is 6.92 Å². The third-order valence-electron chi connectivity index (χ3n) is 5.39. The number of tetrazole rings is 1. The van der Waals surface area contributed by atoms with Gasteiger partial charge in [-0.1, -0.05) is 24.0 Å². The van der Waals surface area contributed by atoms with Crippen molar-refractivity contribution in [3.63, 3.8) is 0 Å². The van der Waals surface area contributed by atoms with E-state index in [0.29, 0.717) is 4.99 Å². The van der Waals surface area contributed by atoms with E-state index >= 15 is 0 Å². The first-order valence-electron chi connectivity index (χ1n) is 9.72. The fraction of sp³-hybridized carbons (Fsp3) is 0.471. The van der Waals surface area contributed by atoms with Gasteiger partial charge in [-0.15, -0.1) is 16.9 Å². The molecule has 1 amide bonds. The number of anilines is 1. The molecule has 0 bridgehead atoms. The molecule has 18 heteroatoms. The summed E-state index contributed by atoms with van der Waals surface area (Å²) in [7, 11) is -4.39. The van der Waals surface area contributed by atoms with Gasteiger partial charge in [-0.25, -0.2) is 4.68 Å². The van der Waals surface area contributed by atoms with Crippen molar-refractivity contribution in [1.82, 2.24) is 30.1 Å².